The molecule has 2 heterocycles. The molecule has 0 spiro atoms. The van der Waals surface area contributed by atoms with E-state index in [4.69, 9.17) is 0 Å². The highest BCUT2D eigenvalue weighted by molar-refractivity contribution is 14.0. The van der Waals surface area contributed by atoms with E-state index in [1.807, 2.05) is 29.1 Å². The van der Waals surface area contributed by atoms with Crippen molar-refractivity contribution < 1.29 is 13.2 Å². The van der Waals surface area contributed by atoms with Gasteiger partial charge >= 0.3 is 6.18 Å². The van der Waals surface area contributed by atoms with Gasteiger partial charge in [0.05, 0.1) is 6.54 Å². The van der Waals surface area contributed by atoms with Crippen molar-refractivity contribution in [1.82, 2.24) is 20.2 Å². The molecule has 0 atom stereocenters. The SMILES string of the molecule is CN=C(NCCn1cccc1)NCc1nc(C(F)(F)F)cs1.I. The maximum atomic E-state index is 12.5. The Morgan fingerprint density at radius 3 is 2.57 bits per heavy atom. The molecule has 0 radical (unpaired) electrons. The Morgan fingerprint density at radius 1 is 1.30 bits per heavy atom. The van der Waals surface area contributed by atoms with Crippen LogP contribution in [-0.4, -0.2) is 29.1 Å². The second kappa shape index (κ2) is 9.11. The van der Waals surface area contributed by atoms with E-state index >= 15 is 0 Å². The summed E-state index contributed by atoms with van der Waals surface area (Å²) in [6.07, 6.45) is -0.496. The molecule has 23 heavy (non-hydrogen) atoms. The smallest absolute Gasteiger partial charge is 0.355 e. The van der Waals surface area contributed by atoms with E-state index in [2.05, 4.69) is 20.6 Å². The fraction of sp³-hybridized carbons (Fsp3) is 0.385. The van der Waals surface area contributed by atoms with E-state index in [-0.39, 0.29) is 30.5 Å². The number of hydrogen-bond acceptors (Lipinski definition) is 3. The largest absolute Gasteiger partial charge is 0.434 e. The number of guanidine groups is 1. The van der Waals surface area contributed by atoms with Crippen molar-refractivity contribution in [2.75, 3.05) is 13.6 Å². The molecule has 2 rings (SSSR count). The van der Waals surface area contributed by atoms with Crippen LogP contribution in [0.5, 0.6) is 0 Å². The number of aliphatic imine (C=N–C) groups is 1. The molecule has 0 bridgehead atoms. The maximum Gasteiger partial charge on any atom is 0.434 e. The fourth-order valence-corrected chi connectivity index (χ4v) is 2.47. The van der Waals surface area contributed by atoms with Crippen LogP contribution in [0.2, 0.25) is 0 Å². The van der Waals surface area contributed by atoms with Crippen molar-refractivity contribution >= 4 is 41.3 Å². The number of thiazole rings is 1. The number of nitrogens with zero attached hydrogens (tertiary/aromatic N) is 3. The molecule has 0 aliphatic rings. The molecule has 0 amide bonds. The van der Waals surface area contributed by atoms with Gasteiger partial charge in [-0.15, -0.1) is 35.3 Å². The molecule has 10 heteroatoms. The van der Waals surface area contributed by atoms with Crippen LogP contribution < -0.4 is 10.6 Å². The Bertz CT molecular complexity index is 609. The first-order valence-corrected chi connectivity index (χ1v) is 7.44. The predicted octanol–water partition coefficient (Wildman–Crippen LogP) is 2.95. The van der Waals surface area contributed by atoms with Crippen molar-refractivity contribution in [2.24, 2.45) is 4.99 Å². The predicted molar refractivity (Wildman–Crippen MR) is 95.2 cm³/mol. The van der Waals surface area contributed by atoms with Gasteiger partial charge in [-0.2, -0.15) is 13.2 Å². The van der Waals surface area contributed by atoms with Gasteiger partial charge in [0.2, 0.25) is 0 Å². The van der Waals surface area contributed by atoms with Crippen molar-refractivity contribution in [3.8, 4) is 0 Å². The van der Waals surface area contributed by atoms with Gasteiger partial charge < -0.3 is 15.2 Å². The summed E-state index contributed by atoms with van der Waals surface area (Å²) in [5.74, 6) is 0.524. The van der Waals surface area contributed by atoms with E-state index in [9.17, 15) is 13.2 Å². The van der Waals surface area contributed by atoms with Gasteiger partial charge in [-0.05, 0) is 12.1 Å². The summed E-state index contributed by atoms with van der Waals surface area (Å²) in [6.45, 7) is 1.62. The third-order valence-corrected chi connectivity index (χ3v) is 3.65. The Labute approximate surface area is 153 Å². The molecule has 0 unspecified atom stereocenters. The average molecular weight is 459 g/mol. The molecule has 0 aromatic carbocycles. The van der Waals surface area contributed by atoms with E-state index in [0.717, 1.165) is 23.3 Å². The van der Waals surface area contributed by atoms with E-state index in [1.165, 1.54) is 0 Å². The van der Waals surface area contributed by atoms with Crippen molar-refractivity contribution in [1.29, 1.82) is 0 Å². The lowest BCUT2D eigenvalue weighted by Gasteiger charge is -2.11. The summed E-state index contributed by atoms with van der Waals surface area (Å²) in [5.41, 5.74) is -0.857. The number of aromatic nitrogens is 2. The lowest BCUT2D eigenvalue weighted by molar-refractivity contribution is -0.140. The summed E-state index contributed by atoms with van der Waals surface area (Å²) < 4.78 is 39.4. The molecule has 0 fully saturated rings. The van der Waals surface area contributed by atoms with Gasteiger partial charge in [0.25, 0.3) is 0 Å². The molecule has 0 saturated carbocycles. The maximum absolute atomic E-state index is 12.5. The van der Waals surface area contributed by atoms with Crippen LogP contribution in [0.1, 0.15) is 10.7 Å². The molecule has 2 aromatic heterocycles. The zero-order valence-corrected chi connectivity index (χ0v) is 15.4. The first-order valence-electron chi connectivity index (χ1n) is 6.56. The molecule has 0 aliphatic carbocycles. The number of alkyl halides is 3. The van der Waals surface area contributed by atoms with Gasteiger partial charge in [0.15, 0.2) is 11.7 Å². The number of nitrogens with one attached hydrogen (secondary N) is 2. The second-order valence-electron chi connectivity index (χ2n) is 4.40. The molecule has 2 N–H and O–H groups in total. The van der Waals surface area contributed by atoms with Crippen LogP contribution in [0, 0.1) is 0 Å². The molecule has 0 saturated heterocycles. The highest BCUT2D eigenvalue weighted by Gasteiger charge is 2.33. The molecule has 5 nitrogen and oxygen atoms in total. The quantitative estimate of drug-likeness (QED) is 0.411. The Kier molecular flexibility index (Phi) is 7.82. The third-order valence-electron chi connectivity index (χ3n) is 2.80. The highest BCUT2D eigenvalue weighted by Crippen LogP contribution is 2.29. The molecule has 128 valence electrons. The summed E-state index contributed by atoms with van der Waals surface area (Å²) >= 11 is 0.970. The zero-order chi connectivity index (χ0) is 16.0. The van der Waals surface area contributed by atoms with E-state index in [1.54, 1.807) is 7.05 Å². The van der Waals surface area contributed by atoms with Crippen LogP contribution in [0.3, 0.4) is 0 Å². The minimum absolute atomic E-state index is 0. The summed E-state index contributed by atoms with van der Waals surface area (Å²) in [7, 11) is 1.61. The minimum atomic E-state index is -4.40. The number of halogens is 4. The lowest BCUT2D eigenvalue weighted by atomic mass is 10.5. The van der Waals surface area contributed by atoms with Gasteiger partial charge in [-0.25, -0.2) is 4.98 Å². The zero-order valence-electron chi connectivity index (χ0n) is 12.3. The topological polar surface area (TPSA) is 54.2 Å². The van der Waals surface area contributed by atoms with Crippen molar-refractivity contribution in [3.63, 3.8) is 0 Å². The molecular formula is C13H17F3IN5S. The highest BCUT2D eigenvalue weighted by atomic mass is 127. The van der Waals surface area contributed by atoms with Crippen LogP contribution in [0.25, 0.3) is 0 Å². The van der Waals surface area contributed by atoms with Crippen LogP contribution >= 0.6 is 35.3 Å². The van der Waals surface area contributed by atoms with Crippen LogP contribution in [0.4, 0.5) is 13.2 Å². The monoisotopic (exact) mass is 459 g/mol. The Balaban J connectivity index is 0.00000264. The molecule has 2 aromatic rings. The summed E-state index contributed by atoms with van der Waals surface area (Å²) in [4.78, 5) is 7.57. The van der Waals surface area contributed by atoms with E-state index < -0.39 is 11.9 Å². The number of rotatable bonds is 5. The standard InChI is InChI=1S/C13H16F3N5S.HI/c1-17-12(18-4-7-21-5-2-3-6-21)19-8-11-20-10(9-22-11)13(14,15)16;/h2-3,5-6,9H,4,7-8H2,1H3,(H2,17,18,19);1H. The van der Waals surface area contributed by atoms with Crippen LogP contribution in [0.15, 0.2) is 34.9 Å². The lowest BCUT2D eigenvalue weighted by Crippen LogP contribution is -2.38. The Morgan fingerprint density at radius 2 is 2.00 bits per heavy atom. The summed E-state index contributed by atoms with van der Waals surface area (Å²) in [5, 5.41) is 7.40. The molecule has 0 aliphatic heterocycles. The van der Waals surface area contributed by atoms with Gasteiger partial charge in [-0.1, -0.05) is 0 Å². The minimum Gasteiger partial charge on any atom is -0.355 e. The third kappa shape index (κ3) is 6.37. The van der Waals surface area contributed by atoms with Crippen molar-refractivity contribution in [2.45, 2.75) is 19.3 Å². The average Bonchev–Trinajstić information content (AvgIpc) is 3.13. The number of hydrogen-bond donors (Lipinski definition) is 2. The van der Waals surface area contributed by atoms with E-state index in [0.29, 0.717) is 17.5 Å². The van der Waals surface area contributed by atoms with Crippen molar-refractivity contribution in [3.05, 3.63) is 40.6 Å². The van der Waals surface area contributed by atoms with Gasteiger partial charge in [0.1, 0.15) is 5.01 Å². The normalized spacial score (nSPS) is 11.9. The fourth-order valence-electron chi connectivity index (χ4n) is 1.72. The van der Waals surface area contributed by atoms with Gasteiger partial charge in [-0.3, -0.25) is 4.99 Å². The first kappa shape index (κ1) is 19.7. The van der Waals surface area contributed by atoms with Gasteiger partial charge in [0, 0.05) is 37.9 Å². The molecular weight excluding hydrogens is 442 g/mol. The second-order valence-corrected chi connectivity index (χ2v) is 5.34. The first-order chi connectivity index (χ1) is 10.5. The summed E-state index contributed by atoms with van der Waals surface area (Å²) in [6, 6.07) is 3.88. The Hall–Kier alpha value is -1.30. The van der Waals surface area contributed by atoms with Crippen LogP contribution in [-0.2, 0) is 19.3 Å².